The average Bonchev–Trinajstić information content (AvgIpc) is 2.53. The van der Waals surface area contributed by atoms with Crippen LogP contribution in [0.25, 0.3) is 23.1 Å². The molecule has 0 amide bonds. The van der Waals surface area contributed by atoms with Crippen LogP contribution in [0, 0.1) is 0 Å². The first-order valence-corrected chi connectivity index (χ1v) is 6.90. The van der Waals surface area contributed by atoms with Crippen LogP contribution in [0.1, 0.15) is 11.1 Å². The number of rotatable bonds is 3. The number of benzene rings is 2. The van der Waals surface area contributed by atoms with Crippen molar-refractivity contribution in [2.24, 2.45) is 0 Å². The lowest BCUT2D eigenvalue weighted by Crippen LogP contribution is -2.07. The van der Waals surface area contributed by atoms with Crippen molar-refractivity contribution in [1.82, 2.24) is 10.2 Å². The Kier molecular flexibility index (Phi) is 3.65. The van der Waals surface area contributed by atoms with E-state index in [1.54, 1.807) is 6.20 Å². The summed E-state index contributed by atoms with van der Waals surface area (Å²) in [5.74, 6) is 0. The molecule has 2 aromatic carbocycles. The Bertz CT molecular complexity index is 769. The van der Waals surface area contributed by atoms with E-state index in [1.165, 1.54) is 11.3 Å². The molecule has 0 saturated carbocycles. The van der Waals surface area contributed by atoms with E-state index in [9.17, 15) is 0 Å². The standard InChI is InChI=1S/C18H17N3/c1-21(2)16-11-8-14(9-12-16)7-10-15-13-19-20-18-6-4-3-5-17(15)18/h3-13H,1-2H3/b10-7+. The van der Waals surface area contributed by atoms with Gasteiger partial charge in [0.15, 0.2) is 0 Å². The largest absolute Gasteiger partial charge is 0.378 e. The maximum absolute atomic E-state index is 4.14. The first-order valence-electron chi connectivity index (χ1n) is 6.90. The van der Waals surface area contributed by atoms with Crippen molar-refractivity contribution < 1.29 is 0 Å². The summed E-state index contributed by atoms with van der Waals surface area (Å²) in [5.41, 5.74) is 4.37. The Balaban J connectivity index is 1.91. The van der Waals surface area contributed by atoms with Crippen molar-refractivity contribution in [3.8, 4) is 0 Å². The first-order chi connectivity index (χ1) is 10.2. The maximum atomic E-state index is 4.14. The number of fused-ring (bicyclic) bond motifs is 1. The molecule has 0 fully saturated rings. The van der Waals surface area contributed by atoms with Crippen LogP contribution >= 0.6 is 0 Å². The smallest absolute Gasteiger partial charge is 0.0935 e. The van der Waals surface area contributed by atoms with Crippen molar-refractivity contribution in [2.45, 2.75) is 0 Å². The molecule has 0 spiro atoms. The van der Waals surface area contributed by atoms with E-state index in [0.29, 0.717) is 0 Å². The van der Waals surface area contributed by atoms with Crippen LogP contribution in [0.2, 0.25) is 0 Å². The summed E-state index contributed by atoms with van der Waals surface area (Å²) in [4.78, 5) is 2.09. The molecule has 0 radical (unpaired) electrons. The summed E-state index contributed by atoms with van der Waals surface area (Å²) in [6.07, 6.45) is 5.98. The predicted molar refractivity (Wildman–Crippen MR) is 89.2 cm³/mol. The number of hydrogen-bond acceptors (Lipinski definition) is 3. The number of aromatic nitrogens is 2. The van der Waals surface area contributed by atoms with Gasteiger partial charge in [-0.3, -0.25) is 0 Å². The Morgan fingerprint density at radius 3 is 2.43 bits per heavy atom. The molecule has 3 aromatic rings. The van der Waals surface area contributed by atoms with Gasteiger partial charge >= 0.3 is 0 Å². The second kappa shape index (κ2) is 5.75. The molecule has 1 heterocycles. The van der Waals surface area contributed by atoms with E-state index in [1.807, 2.05) is 32.3 Å². The minimum Gasteiger partial charge on any atom is -0.378 e. The molecule has 0 N–H and O–H groups in total. The fourth-order valence-electron chi connectivity index (χ4n) is 2.23. The van der Waals surface area contributed by atoms with Crippen LogP contribution in [0.3, 0.4) is 0 Å². The predicted octanol–water partition coefficient (Wildman–Crippen LogP) is 3.87. The molecule has 21 heavy (non-hydrogen) atoms. The highest BCUT2D eigenvalue weighted by atomic mass is 15.1. The SMILES string of the molecule is CN(C)c1ccc(/C=C/c2cnnc3ccccc23)cc1. The molecule has 0 unspecified atom stereocenters. The summed E-state index contributed by atoms with van der Waals surface area (Å²) < 4.78 is 0. The molecule has 3 rings (SSSR count). The van der Waals surface area contributed by atoms with Gasteiger partial charge in [0.05, 0.1) is 11.7 Å². The molecule has 1 aromatic heterocycles. The van der Waals surface area contributed by atoms with Gasteiger partial charge in [-0.25, -0.2) is 0 Å². The Morgan fingerprint density at radius 2 is 1.67 bits per heavy atom. The van der Waals surface area contributed by atoms with Crippen LogP contribution in [-0.4, -0.2) is 24.3 Å². The Labute approximate surface area is 124 Å². The first kappa shape index (κ1) is 13.3. The Morgan fingerprint density at radius 1 is 0.905 bits per heavy atom. The van der Waals surface area contributed by atoms with Crippen LogP contribution in [0.4, 0.5) is 5.69 Å². The van der Waals surface area contributed by atoms with Gasteiger partial charge in [-0.2, -0.15) is 10.2 Å². The van der Waals surface area contributed by atoms with E-state index >= 15 is 0 Å². The third kappa shape index (κ3) is 2.92. The molecule has 0 atom stereocenters. The minimum absolute atomic E-state index is 0.919. The van der Waals surface area contributed by atoms with Gasteiger partial charge in [-0.05, 0) is 23.8 Å². The Hall–Kier alpha value is -2.68. The van der Waals surface area contributed by atoms with Crippen molar-refractivity contribution in [2.75, 3.05) is 19.0 Å². The van der Waals surface area contributed by atoms with Crippen LogP contribution in [0.15, 0.2) is 54.7 Å². The molecule has 0 aliphatic heterocycles. The fraction of sp³-hybridized carbons (Fsp3) is 0.111. The molecular formula is C18H17N3. The third-order valence-electron chi connectivity index (χ3n) is 3.44. The molecule has 0 aliphatic rings. The highest BCUT2D eigenvalue weighted by Crippen LogP contribution is 2.18. The summed E-state index contributed by atoms with van der Waals surface area (Å²) >= 11 is 0. The van der Waals surface area contributed by atoms with E-state index in [0.717, 1.165) is 16.5 Å². The number of nitrogens with zero attached hydrogens (tertiary/aromatic N) is 3. The zero-order valence-electron chi connectivity index (χ0n) is 12.2. The molecule has 3 nitrogen and oxygen atoms in total. The summed E-state index contributed by atoms with van der Waals surface area (Å²) in [6, 6.07) is 16.5. The second-order valence-corrected chi connectivity index (χ2v) is 5.14. The number of hydrogen-bond donors (Lipinski definition) is 0. The lowest BCUT2D eigenvalue weighted by Gasteiger charge is -2.11. The zero-order chi connectivity index (χ0) is 14.7. The van der Waals surface area contributed by atoms with Gasteiger partial charge in [0, 0.05) is 30.7 Å². The summed E-state index contributed by atoms with van der Waals surface area (Å²) in [6.45, 7) is 0. The summed E-state index contributed by atoms with van der Waals surface area (Å²) in [5, 5.41) is 9.31. The minimum atomic E-state index is 0.919. The molecule has 0 bridgehead atoms. The van der Waals surface area contributed by atoms with Crippen molar-refractivity contribution in [1.29, 1.82) is 0 Å². The van der Waals surface area contributed by atoms with Gasteiger partial charge in [0.2, 0.25) is 0 Å². The molecule has 3 heteroatoms. The molecule has 0 aliphatic carbocycles. The van der Waals surface area contributed by atoms with Crippen LogP contribution < -0.4 is 4.90 Å². The average molecular weight is 275 g/mol. The lowest BCUT2D eigenvalue weighted by atomic mass is 10.1. The molecular weight excluding hydrogens is 258 g/mol. The lowest BCUT2D eigenvalue weighted by molar-refractivity contribution is 1.07. The monoisotopic (exact) mass is 275 g/mol. The van der Waals surface area contributed by atoms with Gasteiger partial charge in [-0.1, -0.05) is 42.5 Å². The van der Waals surface area contributed by atoms with E-state index < -0.39 is 0 Å². The maximum Gasteiger partial charge on any atom is 0.0935 e. The fourth-order valence-corrected chi connectivity index (χ4v) is 2.23. The topological polar surface area (TPSA) is 29.0 Å². The van der Waals surface area contributed by atoms with E-state index in [-0.39, 0.29) is 0 Å². The van der Waals surface area contributed by atoms with Gasteiger partial charge in [0.1, 0.15) is 0 Å². The van der Waals surface area contributed by atoms with Crippen molar-refractivity contribution in [3.05, 3.63) is 65.9 Å². The normalized spacial score (nSPS) is 11.1. The van der Waals surface area contributed by atoms with Crippen molar-refractivity contribution >= 4 is 28.7 Å². The quantitative estimate of drug-likeness (QED) is 0.726. The second-order valence-electron chi connectivity index (χ2n) is 5.14. The number of anilines is 1. The van der Waals surface area contributed by atoms with Gasteiger partial charge < -0.3 is 4.90 Å². The van der Waals surface area contributed by atoms with Gasteiger partial charge in [0.25, 0.3) is 0 Å². The van der Waals surface area contributed by atoms with Crippen LogP contribution in [-0.2, 0) is 0 Å². The molecule has 0 saturated heterocycles. The van der Waals surface area contributed by atoms with Crippen LogP contribution in [0.5, 0.6) is 0 Å². The highest BCUT2D eigenvalue weighted by molar-refractivity contribution is 5.89. The highest BCUT2D eigenvalue weighted by Gasteiger charge is 1.99. The van der Waals surface area contributed by atoms with Crippen molar-refractivity contribution in [3.63, 3.8) is 0 Å². The molecule has 104 valence electrons. The summed E-state index contributed by atoms with van der Waals surface area (Å²) in [7, 11) is 4.08. The zero-order valence-corrected chi connectivity index (χ0v) is 12.2. The van der Waals surface area contributed by atoms with E-state index in [4.69, 9.17) is 0 Å². The van der Waals surface area contributed by atoms with E-state index in [2.05, 4.69) is 57.6 Å². The third-order valence-corrected chi connectivity index (χ3v) is 3.44. The van der Waals surface area contributed by atoms with Gasteiger partial charge in [-0.15, -0.1) is 0 Å².